The largest absolute Gasteiger partial charge is 0.488 e. The molecule has 0 spiro atoms. The van der Waals surface area contributed by atoms with Gasteiger partial charge in [0, 0.05) is 25.1 Å². The minimum absolute atomic E-state index is 0.165. The van der Waals surface area contributed by atoms with Gasteiger partial charge < -0.3 is 10.5 Å². The summed E-state index contributed by atoms with van der Waals surface area (Å²) in [6.07, 6.45) is 2.17. The third kappa shape index (κ3) is 2.35. The van der Waals surface area contributed by atoms with E-state index in [1.54, 1.807) is 12.1 Å². The Morgan fingerprint density at radius 3 is 3.11 bits per heavy atom. The number of hydrogen-bond donors (Lipinski definition) is 1. The number of ether oxygens (including phenoxy) is 1. The van der Waals surface area contributed by atoms with Crippen LogP contribution in [0.4, 0.5) is 4.39 Å². The quantitative estimate of drug-likeness (QED) is 0.881. The number of benzene rings is 1. The van der Waals surface area contributed by atoms with Crippen molar-refractivity contribution in [3.05, 3.63) is 29.6 Å². The van der Waals surface area contributed by atoms with Crippen LogP contribution in [0, 0.1) is 11.7 Å². The highest BCUT2D eigenvalue weighted by atomic mass is 19.1. The van der Waals surface area contributed by atoms with Crippen LogP contribution in [0.3, 0.4) is 0 Å². The summed E-state index contributed by atoms with van der Waals surface area (Å²) < 4.78 is 19.0. The fourth-order valence-corrected chi connectivity index (χ4v) is 2.95. The summed E-state index contributed by atoms with van der Waals surface area (Å²) >= 11 is 0. The van der Waals surface area contributed by atoms with Crippen molar-refractivity contribution >= 4 is 0 Å². The summed E-state index contributed by atoms with van der Waals surface area (Å²) in [5.74, 6) is 1.30. The Morgan fingerprint density at radius 1 is 1.44 bits per heavy atom. The molecule has 2 unspecified atom stereocenters. The van der Waals surface area contributed by atoms with Gasteiger partial charge in [0.15, 0.2) is 0 Å². The topological polar surface area (TPSA) is 38.5 Å². The van der Waals surface area contributed by atoms with Crippen molar-refractivity contribution in [2.75, 3.05) is 26.2 Å². The third-order valence-corrected chi connectivity index (χ3v) is 3.93. The summed E-state index contributed by atoms with van der Waals surface area (Å²) in [6.45, 7) is 3.87. The van der Waals surface area contributed by atoms with Crippen LogP contribution in [-0.4, -0.2) is 37.2 Å². The molecule has 0 aromatic heterocycles. The molecule has 1 fully saturated rings. The first-order valence-electron chi connectivity index (χ1n) is 6.62. The summed E-state index contributed by atoms with van der Waals surface area (Å²) in [5, 5.41) is 0. The van der Waals surface area contributed by atoms with Crippen molar-refractivity contribution in [1.29, 1.82) is 0 Å². The lowest BCUT2D eigenvalue weighted by atomic mass is 10.1. The van der Waals surface area contributed by atoms with Gasteiger partial charge in [-0.2, -0.15) is 0 Å². The van der Waals surface area contributed by atoms with E-state index in [4.69, 9.17) is 10.5 Å². The van der Waals surface area contributed by atoms with Crippen molar-refractivity contribution in [3.8, 4) is 5.75 Å². The van der Waals surface area contributed by atoms with Gasteiger partial charge in [0.25, 0.3) is 0 Å². The average Bonchev–Trinajstić information content (AvgIpc) is 2.95. The van der Waals surface area contributed by atoms with Crippen molar-refractivity contribution < 1.29 is 9.13 Å². The minimum atomic E-state index is -0.178. The zero-order valence-corrected chi connectivity index (χ0v) is 10.4. The number of halogens is 1. The molecule has 1 aromatic rings. The normalized spacial score (nSPS) is 27.2. The number of nitrogens with zero attached hydrogens (tertiary/aromatic N) is 1. The van der Waals surface area contributed by atoms with Gasteiger partial charge >= 0.3 is 0 Å². The van der Waals surface area contributed by atoms with Crippen LogP contribution in [0.25, 0.3) is 0 Å². The molecule has 1 saturated heterocycles. The second-order valence-electron chi connectivity index (χ2n) is 5.35. The van der Waals surface area contributed by atoms with E-state index in [1.807, 2.05) is 0 Å². The summed E-state index contributed by atoms with van der Waals surface area (Å²) in [6, 6.07) is 4.78. The van der Waals surface area contributed by atoms with Gasteiger partial charge in [0.1, 0.15) is 17.7 Å². The van der Waals surface area contributed by atoms with E-state index in [2.05, 4.69) is 4.90 Å². The van der Waals surface area contributed by atoms with Gasteiger partial charge in [0.2, 0.25) is 0 Å². The zero-order valence-electron chi connectivity index (χ0n) is 10.4. The molecule has 1 aromatic carbocycles. The highest BCUT2D eigenvalue weighted by Gasteiger charge is 2.28. The molecule has 0 saturated carbocycles. The molecule has 2 N–H and O–H groups in total. The molecule has 0 amide bonds. The van der Waals surface area contributed by atoms with Gasteiger partial charge in [-0.3, -0.25) is 4.90 Å². The van der Waals surface area contributed by atoms with Crippen LogP contribution in [-0.2, 0) is 6.42 Å². The Labute approximate surface area is 107 Å². The number of hydrogen-bond acceptors (Lipinski definition) is 3. The first-order valence-corrected chi connectivity index (χ1v) is 6.62. The third-order valence-electron chi connectivity index (χ3n) is 3.93. The molecule has 2 atom stereocenters. The van der Waals surface area contributed by atoms with Gasteiger partial charge in [-0.25, -0.2) is 4.39 Å². The Hall–Kier alpha value is -1.13. The number of rotatable bonds is 3. The second kappa shape index (κ2) is 4.86. The van der Waals surface area contributed by atoms with Gasteiger partial charge in [-0.05, 0) is 43.6 Å². The Balaban J connectivity index is 1.58. The lowest BCUT2D eigenvalue weighted by molar-refractivity contribution is 0.165. The van der Waals surface area contributed by atoms with Gasteiger partial charge in [-0.15, -0.1) is 0 Å². The summed E-state index contributed by atoms with van der Waals surface area (Å²) in [5.41, 5.74) is 6.69. The van der Waals surface area contributed by atoms with E-state index < -0.39 is 0 Å². The Morgan fingerprint density at radius 2 is 2.33 bits per heavy atom. The van der Waals surface area contributed by atoms with E-state index in [9.17, 15) is 4.39 Å². The second-order valence-corrected chi connectivity index (χ2v) is 5.35. The van der Waals surface area contributed by atoms with Crippen LogP contribution < -0.4 is 10.5 Å². The number of nitrogens with two attached hydrogens (primary N) is 1. The molecule has 98 valence electrons. The average molecular weight is 250 g/mol. The van der Waals surface area contributed by atoms with Crippen molar-refractivity contribution in [3.63, 3.8) is 0 Å². The van der Waals surface area contributed by atoms with Crippen LogP contribution in [0.1, 0.15) is 12.0 Å². The SMILES string of the molecule is NCC1CCN(CC2Cc3cc(F)ccc3O2)C1. The summed E-state index contributed by atoms with van der Waals surface area (Å²) in [4.78, 5) is 2.41. The predicted molar refractivity (Wildman–Crippen MR) is 68.1 cm³/mol. The van der Waals surface area contributed by atoms with Crippen LogP contribution in [0.15, 0.2) is 18.2 Å². The first-order chi connectivity index (χ1) is 8.74. The smallest absolute Gasteiger partial charge is 0.123 e. The maximum Gasteiger partial charge on any atom is 0.123 e. The molecule has 0 bridgehead atoms. The maximum absolute atomic E-state index is 13.1. The first kappa shape index (κ1) is 11.9. The molecule has 0 radical (unpaired) electrons. The van der Waals surface area contributed by atoms with Crippen molar-refractivity contribution in [1.82, 2.24) is 4.90 Å². The molecular weight excluding hydrogens is 231 g/mol. The van der Waals surface area contributed by atoms with E-state index in [0.29, 0.717) is 5.92 Å². The number of likely N-dealkylation sites (tertiary alicyclic amines) is 1. The van der Waals surface area contributed by atoms with Crippen LogP contribution in [0.5, 0.6) is 5.75 Å². The lowest BCUT2D eigenvalue weighted by Crippen LogP contribution is -2.33. The molecular formula is C14H19FN2O. The maximum atomic E-state index is 13.1. The van der Waals surface area contributed by atoms with Gasteiger partial charge in [0.05, 0.1) is 0 Å². The van der Waals surface area contributed by atoms with E-state index in [0.717, 1.165) is 43.9 Å². The number of fused-ring (bicyclic) bond motifs is 1. The van der Waals surface area contributed by atoms with E-state index >= 15 is 0 Å². The van der Waals surface area contributed by atoms with Crippen LogP contribution >= 0.6 is 0 Å². The van der Waals surface area contributed by atoms with E-state index in [-0.39, 0.29) is 11.9 Å². The standard InChI is InChI=1S/C14H19FN2O/c15-12-1-2-14-11(5-12)6-13(18-14)9-17-4-3-10(7-16)8-17/h1-2,5,10,13H,3-4,6-9,16H2. The molecule has 4 heteroatoms. The van der Waals surface area contributed by atoms with E-state index in [1.165, 1.54) is 12.5 Å². The monoisotopic (exact) mass is 250 g/mol. The molecule has 18 heavy (non-hydrogen) atoms. The molecule has 2 aliphatic heterocycles. The molecule has 0 aliphatic carbocycles. The fraction of sp³-hybridized carbons (Fsp3) is 0.571. The molecule has 2 heterocycles. The molecule has 2 aliphatic rings. The van der Waals surface area contributed by atoms with Crippen molar-refractivity contribution in [2.45, 2.75) is 18.9 Å². The van der Waals surface area contributed by atoms with Gasteiger partial charge in [-0.1, -0.05) is 0 Å². The highest BCUT2D eigenvalue weighted by Crippen LogP contribution is 2.30. The fourth-order valence-electron chi connectivity index (χ4n) is 2.95. The molecule has 3 nitrogen and oxygen atoms in total. The Kier molecular flexibility index (Phi) is 3.22. The van der Waals surface area contributed by atoms with Crippen LogP contribution in [0.2, 0.25) is 0 Å². The predicted octanol–water partition coefficient (Wildman–Crippen LogP) is 1.41. The molecule has 3 rings (SSSR count). The Bertz CT molecular complexity index is 438. The summed E-state index contributed by atoms with van der Waals surface area (Å²) in [7, 11) is 0. The highest BCUT2D eigenvalue weighted by molar-refractivity contribution is 5.37. The van der Waals surface area contributed by atoms with Crippen molar-refractivity contribution in [2.24, 2.45) is 11.7 Å². The zero-order chi connectivity index (χ0) is 12.5. The lowest BCUT2D eigenvalue weighted by Gasteiger charge is -2.20. The minimum Gasteiger partial charge on any atom is -0.488 e.